The number of aromatic nitrogens is 4. The Labute approximate surface area is 260 Å². The lowest BCUT2D eigenvalue weighted by molar-refractivity contribution is -0.396. The molecule has 13 nitrogen and oxygen atoms in total. The first-order valence-corrected chi connectivity index (χ1v) is 15.0. The molecule has 0 saturated heterocycles. The fourth-order valence-electron chi connectivity index (χ4n) is 4.56. The number of aromatic amines is 2. The molecule has 8 bridgehead atoms. The van der Waals surface area contributed by atoms with E-state index in [0.717, 1.165) is 57.0 Å². The summed E-state index contributed by atoms with van der Waals surface area (Å²) in [5.41, 5.74) is 6.34. The number of fused-ring (bicyclic) bond motifs is 8. The Morgan fingerprint density at radius 2 is 1.04 bits per heavy atom. The van der Waals surface area contributed by atoms with Crippen LogP contribution in [-0.4, -0.2) is 38.2 Å². The molecule has 14 heteroatoms. The second kappa shape index (κ2) is 12.3. The summed E-state index contributed by atoms with van der Waals surface area (Å²) in [6, 6.07) is 26.0. The molecule has 5 heterocycles. The molecule has 46 heavy (non-hydrogen) atoms. The molecular formula is C32H22N6O7S. The Kier molecular flexibility index (Phi) is 7.93. The number of rotatable bonds is 5. The fraction of sp³-hybridized carbons (Fsp3) is 0. The highest BCUT2D eigenvalue weighted by molar-refractivity contribution is 7.87. The van der Waals surface area contributed by atoms with Gasteiger partial charge in [0.1, 0.15) is 5.75 Å². The smallest absolute Gasteiger partial charge is 0.346 e. The van der Waals surface area contributed by atoms with Gasteiger partial charge in [-0.1, -0.05) is 18.2 Å². The summed E-state index contributed by atoms with van der Waals surface area (Å²) >= 11 is 0. The number of hydrogen-bond acceptors (Lipinski definition) is 9. The van der Waals surface area contributed by atoms with Crippen LogP contribution in [0.25, 0.3) is 46.4 Å². The number of para-hydroxylation sites is 1. The average Bonchev–Trinajstić information content (AvgIpc) is 3.84. The van der Waals surface area contributed by atoms with Gasteiger partial charge in [0.25, 0.3) is 11.4 Å². The monoisotopic (exact) mass is 634 g/mol. The zero-order chi connectivity index (χ0) is 32.3. The van der Waals surface area contributed by atoms with Gasteiger partial charge in [-0.3, -0.25) is 20.2 Å². The van der Waals surface area contributed by atoms with Crippen molar-refractivity contribution in [1.82, 2.24) is 19.9 Å². The third-order valence-corrected chi connectivity index (χ3v) is 7.91. The molecule has 5 aromatic rings. The minimum atomic E-state index is -4.50. The first kappa shape index (κ1) is 29.7. The molecule has 0 amide bonds. The van der Waals surface area contributed by atoms with Crippen molar-refractivity contribution in [3.63, 3.8) is 0 Å². The zero-order valence-corrected chi connectivity index (χ0v) is 24.4. The minimum Gasteiger partial charge on any atom is -0.379 e. The predicted molar refractivity (Wildman–Crippen MR) is 173 cm³/mol. The van der Waals surface area contributed by atoms with Gasteiger partial charge < -0.3 is 14.2 Å². The maximum Gasteiger partial charge on any atom is 0.346 e. The first-order chi connectivity index (χ1) is 22.1. The Morgan fingerprint density at radius 3 is 1.46 bits per heavy atom. The summed E-state index contributed by atoms with van der Waals surface area (Å²) < 4.78 is 29.0. The molecule has 0 spiro atoms. The summed E-state index contributed by atoms with van der Waals surface area (Å²) in [6.45, 7) is 0. The van der Waals surface area contributed by atoms with Crippen LogP contribution in [0.15, 0.2) is 102 Å². The topological polar surface area (TPSA) is 187 Å². The highest BCUT2D eigenvalue weighted by atomic mass is 32.2. The fourth-order valence-corrected chi connectivity index (χ4v) is 5.64. The minimum absolute atomic E-state index is 0.0323. The molecule has 228 valence electrons. The van der Waals surface area contributed by atoms with Crippen LogP contribution in [-0.2, 0) is 10.1 Å². The van der Waals surface area contributed by atoms with Crippen LogP contribution in [0.1, 0.15) is 22.8 Å². The Hall–Kier alpha value is -6.41. The molecule has 2 aliphatic rings. The maximum absolute atomic E-state index is 12.1. The lowest BCUT2D eigenvalue weighted by Gasteiger charge is -2.07. The maximum atomic E-state index is 12.1. The van der Waals surface area contributed by atoms with Crippen LogP contribution >= 0.6 is 0 Å². The molecule has 2 aliphatic heterocycles. The molecule has 2 N–H and O–H groups in total. The Bertz CT molecular complexity index is 2150. The van der Waals surface area contributed by atoms with E-state index in [4.69, 9.17) is 4.18 Å². The van der Waals surface area contributed by atoms with Gasteiger partial charge >= 0.3 is 10.1 Å². The summed E-state index contributed by atoms with van der Waals surface area (Å²) in [4.78, 5) is 35.0. The summed E-state index contributed by atoms with van der Waals surface area (Å²) in [5.74, 6) is -0.0323. The van der Waals surface area contributed by atoms with Crippen molar-refractivity contribution in [3.05, 3.63) is 140 Å². The van der Waals surface area contributed by atoms with Gasteiger partial charge in [-0.25, -0.2) is 9.97 Å². The molecule has 2 aromatic carbocycles. The van der Waals surface area contributed by atoms with E-state index in [0.29, 0.717) is 6.07 Å². The number of H-pyrrole nitrogens is 2. The lowest BCUT2D eigenvalue weighted by atomic mass is 10.3. The second-order valence-electron chi connectivity index (χ2n) is 9.92. The molecule has 7 rings (SSSR count). The van der Waals surface area contributed by atoms with Gasteiger partial charge in [0.15, 0.2) is 4.90 Å². The van der Waals surface area contributed by atoms with E-state index < -0.39 is 36.2 Å². The molecule has 0 atom stereocenters. The van der Waals surface area contributed by atoms with Gasteiger partial charge in [-0.05, 0) is 91.0 Å². The summed E-state index contributed by atoms with van der Waals surface area (Å²) in [5, 5.41) is 21.6. The van der Waals surface area contributed by atoms with E-state index in [1.165, 1.54) is 24.3 Å². The van der Waals surface area contributed by atoms with Crippen molar-refractivity contribution in [3.8, 4) is 5.75 Å². The number of benzene rings is 2. The van der Waals surface area contributed by atoms with Gasteiger partial charge in [-0.15, -0.1) is 0 Å². The highest BCUT2D eigenvalue weighted by Crippen LogP contribution is 2.30. The van der Waals surface area contributed by atoms with E-state index >= 15 is 0 Å². The van der Waals surface area contributed by atoms with E-state index in [9.17, 15) is 28.6 Å². The Morgan fingerprint density at radius 1 is 0.587 bits per heavy atom. The highest BCUT2D eigenvalue weighted by Gasteiger charge is 2.30. The second-order valence-corrected chi connectivity index (χ2v) is 11.4. The van der Waals surface area contributed by atoms with E-state index in [1.54, 1.807) is 6.07 Å². The average molecular weight is 635 g/mol. The molecule has 0 aliphatic carbocycles. The van der Waals surface area contributed by atoms with Gasteiger partial charge in [0.05, 0.1) is 38.7 Å². The van der Waals surface area contributed by atoms with E-state index in [-0.39, 0.29) is 5.75 Å². The third-order valence-electron chi connectivity index (χ3n) is 6.61. The van der Waals surface area contributed by atoms with Crippen LogP contribution in [0.2, 0.25) is 0 Å². The molecule has 0 unspecified atom stereocenters. The van der Waals surface area contributed by atoms with Crippen molar-refractivity contribution < 1.29 is 22.4 Å². The van der Waals surface area contributed by atoms with Crippen LogP contribution in [0.5, 0.6) is 5.75 Å². The summed E-state index contributed by atoms with van der Waals surface area (Å²) in [6.07, 6.45) is 8.09. The molecule has 0 saturated carbocycles. The first-order valence-electron chi connectivity index (χ1n) is 13.6. The number of nitro benzene ring substituents is 2. The number of hydrogen-bond donors (Lipinski definition) is 2. The van der Waals surface area contributed by atoms with Crippen LogP contribution in [0.3, 0.4) is 0 Å². The number of nitrogens with zero attached hydrogens (tertiary/aromatic N) is 4. The molecular weight excluding hydrogens is 612 g/mol. The van der Waals surface area contributed by atoms with Crippen molar-refractivity contribution >= 4 is 67.9 Å². The van der Waals surface area contributed by atoms with Crippen molar-refractivity contribution in [2.75, 3.05) is 0 Å². The number of nitrogens with one attached hydrogen (secondary N) is 2. The Balaban J connectivity index is 0.000000163. The zero-order valence-electron chi connectivity index (χ0n) is 23.6. The number of nitro groups is 2. The van der Waals surface area contributed by atoms with E-state index in [1.807, 2.05) is 48.6 Å². The predicted octanol–water partition coefficient (Wildman–Crippen LogP) is 6.93. The standard InChI is InChI=1S/C20H14N4.C12H8N2O7S/c1-2-14-10-16-5-6-18(23-16)12-20-8-7-19(24-20)11-17-4-3-15(22-17)9-13(1)21-14;15-13(16)9-6-7-12(11(8-9)14(17)18)22(19,20)21-10-4-2-1-3-5-10/h1-12,21,24H;1-8H. The summed E-state index contributed by atoms with van der Waals surface area (Å²) in [7, 11) is -4.50. The van der Waals surface area contributed by atoms with Crippen LogP contribution in [0.4, 0.5) is 11.4 Å². The largest absolute Gasteiger partial charge is 0.379 e. The molecule has 0 radical (unpaired) electrons. The quantitative estimate of drug-likeness (QED) is 0.115. The third kappa shape index (κ3) is 6.87. The van der Waals surface area contributed by atoms with Crippen molar-refractivity contribution in [2.24, 2.45) is 0 Å². The normalized spacial score (nSPS) is 11.8. The van der Waals surface area contributed by atoms with Gasteiger partial charge in [0.2, 0.25) is 0 Å². The SMILES string of the molecule is C1=Cc2cc3ccc(cc4nc(cc5ccc(cc1n2)[nH]5)C=C4)[nH]3.O=[N+]([O-])c1ccc(S(=O)(=O)Oc2ccccc2)c([N+](=O)[O-])c1. The van der Waals surface area contributed by atoms with Gasteiger partial charge in [0, 0.05) is 28.1 Å². The van der Waals surface area contributed by atoms with E-state index in [2.05, 4.69) is 44.2 Å². The van der Waals surface area contributed by atoms with Gasteiger partial charge in [-0.2, -0.15) is 8.42 Å². The van der Waals surface area contributed by atoms with Crippen molar-refractivity contribution in [1.29, 1.82) is 0 Å². The number of non-ortho nitro benzene ring substituents is 1. The van der Waals surface area contributed by atoms with Crippen LogP contribution in [0, 0.1) is 20.2 Å². The molecule has 3 aromatic heterocycles. The van der Waals surface area contributed by atoms with Crippen LogP contribution < -0.4 is 4.18 Å². The van der Waals surface area contributed by atoms with Crippen molar-refractivity contribution in [2.45, 2.75) is 4.90 Å². The lowest BCUT2D eigenvalue weighted by Crippen LogP contribution is -2.12. The molecule has 0 fully saturated rings.